The van der Waals surface area contributed by atoms with Crippen LogP contribution in [0.5, 0.6) is 0 Å². The maximum atomic E-state index is 10.4. The van der Waals surface area contributed by atoms with Gasteiger partial charge in [-0.15, -0.1) is 0 Å². The van der Waals surface area contributed by atoms with E-state index >= 15 is 0 Å². The van der Waals surface area contributed by atoms with E-state index in [-0.39, 0.29) is 0 Å². The minimum absolute atomic E-state index is 0.476. The zero-order chi connectivity index (χ0) is 34.1. The number of nitrogens with zero attached hydrogens (tertiary/aromatic N) is 5. The Kier molecular flexibility index (Phi) is 16.1. The molecule has 0 saturated heterocycles. The first-order chi connectivity index (χ1) is 23.4. The number of halogens is 2. The number of benzene rings is 2. The van der Waals surface area contributed by atoms with E-state index in [0.717, 1.165) is 44.0 Å². The summed E-state index contributed by atoms with van der Waals surface area (Å²) < 4.78 is 2.20. The fourth-order valence-electron chi connectivity index (χ4n) is 6.63. The number of aromatic nitrogens is 2. The molecule has 2 aromatic heterocycles. The van der Waals surface area contributed by atoms with Crippen molar-refractivity contribution in [1.82, 2.24) is 14.4 Å². The summed E-state index contributed by atoms with van der Waals surface area (Å²) in [4.78, 5) is 12.7. The monoisotopic (exact) mass is 695 g/mol. The van der Waals surface area contributed by atoms with E-state index in [2.05, 4.69) is 18.7 Å². The molecule has 0 fully saturated rings. The molecular formula is C39H55Cl2N5O2. The van der Waals surface area contributed by atoms with Gasteiger partial charge in [0.1, 0.15) is 0 Å². The van der Waals surface area contributed by atoms with Crippen molar-refractivity contribution >= 4 is 45.0 Å². The lowest BCUT2D eigenvalue weighted by Gasteiger charge is -2.31. The first-order valence-electron chi connectivity index (χ1n) is 18.2. The molecule has 0 atom stereocenters. The average molecular weight is 697 g/mol. The van der Waals surface area contributed by atoms with Gasteiger partial charge in [0, 0.05) is 52.3 Å². The van der Waals surface area contributed by atoms with Gasteiger partial charge in [0.2, 0.25) is 0 Å². The van der Waals surface area contributed by atoms with Crippen molar-refractivity contribution in [2.45, 2.75) is 110 Å². The smallest absolute Gasteiger partial charge is 0.0901 e. The molecule has 48 heavy (non-hydrogen) atoms. The predicted molar refractivity (Wildman–Crippen MR) is 200 cm³/mol. The fourth-order valence-corrected chi connectivity index (χ4v) is 6.96. The molecule has 2 N–H and O–H groups in total. The van der Waals surface area contributed by atoms with E-state index in [1.807, 2.05) is 36.4 Å². The molecule has 2 aromatic carbocycles. The van der Waals surface area contributed by atoms with Gasteiger partial charge in [-0.1, -0.05) is 114 Å². The molecule has 0 aliphatic heterocycles. The third-order valence-electron chi connectivity index (χ3n) is 9.35. The van der Waals surface area contributed by atoms with E-state index < -0.39 is 0 Å². The van der Waals surface area contributed by atoms with Crippen LogP contribution in [0.25, 0.3) is 21.8 Å². The van der Waals surface area contributed by atoms with Gasteiger partial charge < -0.3 is 10.4 Å². The molecule has 4 rings (SSSR count). The number of hydrogen-bond donors (Lipinski definition) is 2. The van der Waals surface area contributed by atoms with Crippen LogP contribution >= 0.6 is 23.2 Å². The number of fused-ring (bicyclic) bond motifs is 2. The number of pyridine rings is 2. The third kappa shape index (κ3) is 11.6. The second kappa shape index (κ2) is 20.5. The maximum Gasteiger partial charge on any atom is 0.0901 e. The van der Waals surface area contributed by atoms with Gasteiger partial charge in [-0.25, -0.2) is 0 Å². The van der Waals surface area contributed by atoms with Crippen LogP contribution in [-0.2, 0) is 0 Å². The van der Waals surface area contributed by atoms with E-state index in [4.69, 9.17) is 33.2 Å². The Morgan fingerprint density at radius 2 is 1.02 bits per heavy atom. The lowest BCUT2D eigenvalue weighted by molar-refractivity contribution is 0.179. The first kappa shape index (κ1) is 37.8. The predicted octanol–water partition coefficient (Wildman–Crippen LogP) is 10.1. The molecule has 0 unspecified atom stereocenters. The maximum absolute atomic E-state index is 10.4. The Morgan fingerprint density at radius 3 is 1.46 bits per heavy atom. The van der Waals surface area contributed by atoms with Crippen LogP contribution in [0, 0.1) is 0 Å². The van der Waals surface area contributed by atoms with Crippen LogP contribution in [0.15, 0.2) is 70.9 Å². The summed E-state index contributed by atoms with van der Waals surface area (Å²) in [7, 11) is 0. The Morgan fingerprint density at radius 1 is 0.604 bits per heavy atom. The van der Waals surface area contributed by atoms with Crippen LogP contribution in [-0.4, -0.2) is 57.0 Å². The second-order valence-electron chi connectivity index (χ2n) is 13.0. The third-order valence-corrected chi connectivity index (χ3v) is 9.82. The molecule has 9 heteroatoms. The van der Waals surface area contributed by atoms with Gasteiger partial charge in [-0.3, -0.25) is 14.9 Å². The van der Waals surface area contributed by atoms with Gasteiger partial charge in [-0.05, 0) is 61.4 Å². The quantitative estimate of drug-likeness (QED) is 0.0673. The van der Waals surface area contributed by atoms with Crippen molar-refractivity contribution in [3.8, 4) is 0 Å². The number of unbranched alkanes of at least 4 members (excludes halogenated alkanes) is 10. The van der Waals surface area contributed by atoms with Crippen molar-refractivity contribution in [2.24, 2.45) is 9.98 Å². The molecule has 0 amide bonds. The highest BCUT2D eigenvalue weighted by Crippen LogP contribution is 2.20. The van der Waals surface area contributed by atoms with Crippen molar-refractivity contribution < 1.29 is 10.4 Å². The highest BCUT2D eigenvalue weighted by molar-refractivity contribution is 6.31. The number of hydrogen-bond acceptors (Lipinski definition) is 5. The summed E-state index contributed by atoms with van der Waals surface area (Å²) in [5.74, 6) is 0. The molecule has 262 valence electrons. The van der Waals surface area contributed by atoms with Crippen molar-refractivity contribution in [3.63, 3.8) is 0 Å². The number of rotatable bonds is 21. The van der Waals surface area contributed by atoms with Gasteiger partial charge in [0.05, 0.1) is 34.8 Å². The van der Waals surface area contributed by atoms with Crippen LogP contribution in [0.1, 0.15) is 104 Å². The molecule has 0 bridgehead atoms. The normalized spacial score (nSPS) is 12.8. The molecular weight excluding hydrogens is 641 g/mol. The Bertz CT molecular complexity index is 1580. The Hall–Kier alpha value is -3.00. The van der Waals surface area contributed by atoms with E-state index in [9.17, 15) is 10.4 Å². The van der Waals surface area contributed by atoms with Crippen LogP contribution in [0.4, 0.5) is 0 Å². The summed E-state index contributed by atoms with van der Waals surface area (Å²) >= 11 is 12.5. The molecule has 0 aliphatic rings. The summed E-state index contributed by atoms with van der Waals surface area (Å²) in [5, 5.41) is 25.3. The lowest BCUT2D eigenvalue weighted by Crippen LogP contribution is -2.39. The lowest BCUT2D eigenvalue weighted by atomic mass is 9.98. The van der Waals surface area contributed by atoms with Gasteiger partial charge in [0.15, 0.2) is 0 Å². The van der Waals surface area contributed by atoms with E-state index in [0.29, 0.717) is 40.2 Å². The highest BCUT2D eigenvalue weighted by atomic mass is 35.5. The minimum Gasteiger partial charge on any atom is -0.428 e. The van der Waals surface area contributed by atoms with Crippen LogP contribution in [0.2, 0.25) is 10.0 Å². The standard InChI is InChI=1S/C39H55Cl2N5O2/c1-3-5-7-9-11-13-15-33(16-14-12-10-8-6-4-2)44(27-23-42-36-21-25-45(47)38-29-31(40)17-19-34(36)38)28-24-43-37-22-26-46(48)39-30-32(41)18-20-35(37)39/h17-22,25-26,29-30,33,47-48H,3-16,23-24,27-28H2,1-2H3. The SMILES string of the molecule is CCCCCCCCC(CCCCCCCC)N(CCN=c1ccn(O)c2cc(Cl)ccc12)CCN=c1ccn(O)c2cc(Cl)ccc12. The Balaban J connectivity index is 1.56. The fraction of sp³-hybridized carbons (Fsp3) is 0.538. The van der Waals surface area contributed by atoms with Gasteiger partial charge in [-0.2, -0.15) is 9.46 Å². The minimum atomic E-state index is 0.476. The zero-order valence-electron chi connectivity index (χ0n) is 29.0. The molecule has 0 spiro atoms. The van der Waals surface area contributed by atoms with E-state index in [1.165, 1.54) is 89.9 Å². The van der Waals surface area contributed by atoms with Gasteiger partial charge >= 0.3 is 0 Å². The van der Waals surface area contributed by atoms with Crippen molar-refractivity contribution in [3.05, 3.63) is 81.7 Å². The molecule has 4 aromatic rings. The summed E-state index contributed by atoms with van der Waals surface area (Å²) in [5.41, 5.74) is 1.29. The van der Waals surface area contributed by atoms with Crippen molar-refractivity contribution in [1.29, 1.82) is 0 Å². The molecule has 7 nitrogen and oxygen atoms in total. The van der Waals surface area contributed by atoms with Crippen LogP contribution in [0.3, 0.4) is 0 Å². The summed E-state index contributed by atoms with van der Waals surface area (Å²) in [6.07, 6.45) is 21.2. The largest absolute Gasteiger partial charge is 0.428 e. The van der Waals surface area contributed by atoms with Crippen molar-refractivity contribution in [2.75, 3.05) is 26.2 Å². The second-order valence-corrected chi connectivity index (χ2v) is 13.9. The Labute approximate surface area is 296 Å². The average Bonchev–Trinajstić information content (AvgIpc) is 3.08. The zero-order valence-corrected chi connectivity index (χ0v) is 30.5. The molecule has 0 radical (unpaired) electrons. The molecule has 0 saturated carbocycles. The highest BCUT2D eigenvalue weighted by Gasteiger charge is 2.18. The summed E-state index contributed by atoms with van der Waals surface area (Å²) in [6, 6.07) is 15.3. The topological polar surface area (TPSA) is 78.3 Å². The van der Waals surface area contributed by atoms with Gasteiger partial charge in [0.25, 0.3) is 0 Å². The van der Waals surface area contributed by atoms with E-state index in [1.54, 1.807) is 24.5 Å². The van der Waals surface area contributed by atoms with Crippen LogP contribution < -0.4 is 10.7 Å². The first-order valence-corrected chi connectivity index (χ1v) is 18.9. The summed E-state index contributed by atoms with van der Waals surface area (Å²) in [6.45, 7) is 7.50. The molecule has 0 aliphatic carbocycles. The molecule has 2 heterocycles.